The third-order valence-corrected chi connectivity index (χ3v) is 5.06. The molecule has 33 heavy (non-hydrogen) atoms. The van der Waals surface area contributed by atoms with Crippen molar-refractivity contribution in [3.63, 3.8) is 0 Å². The minimum Gasteiger partial charge on any atom is -0.466 e. The Labute approximate surface area is 196 Å². The van der Waals surface area contributed by atoms with Gasteiger partial charge in [-0.2, -0.15) is 5.10 Å². The monoisotopic (exact) mass is 456 g/mol. The number of unbranched alkanes of at least 4 members (excludes halogenated alkanes) is 1. The second kappa shape index (κ2) is 12.2. The highest BCUT2D eigenvalue weighted by Gasteiger charge is 2.23. The molecule has 1 heterocycles. The summed E-state index contributed by atoms with van der Waals surface area (Å²) in [5.74, 6) is -0.413. The van der Waals surface area contributed by atoms with Gasteiger partial charge < -0.3 is 15.0 Å². The number of nitrogens with zero attached hydrogens (tertiary/aromatic N) is 3. The smallest absolute Gasteiger partial charge is 0.306 e. The summed E-state index contributed by atoms with van der Waals surface area (Å²) in [5.41, 5.74) is 1.47. The number of hydrogen-bond donors (Lipinski definition) is 1. The molecular weight excluding hydrogens is 420 g/mol. The molecule has 2 aromatic rings. The predicted octanol–water partition coefficient (Wildman–Crippen LogP) is 4.08. The predicted molar refractivity (Wildman–Crippen MR) is 128 cm³/mol. The molecule has 0 aliphatic heterocycles. The number of carbonyl (C=O) groups is 3. The molecule has 2 rings (SSSR count). The van der Waals surface area contributed by atoms with Gasteiger partial charge in [-0.05, 0) is 25.5 Å². The fraction of sp³-hybridized carbons (Fsp3) is 0.520. The molecule has 180 valence electrons. The lowest BCUT2D eigenvalue weighted by atomic mass is 9.92. The normalized spacial score (nSPS) is 11.2. The lowest BCUT2D eigenvalue weighted by molar-refractivity contribution is -0.145. The maximum atomic E-state index is 12.9. The molecule has 0 radical (unpaired) electrons. The van der Waals surface area contributed by atoms with E-state index in [1.807, 2.05) is 43.3 Å². The van der Waals surface area contributed by atoms with Crippen LogP contribution in [0, 0.1) is 0 Å². The molecule has 0 aliphatic carbocycles. The van der Waals surface area contributed by atoms with Crippen molar-refractivity contribution in [1.29, 1.82) is 0 Å². The number of nitrogens with one attached hydrogen (secondary N) is 1. The van der Waals surface area contributed by atoms with Crippen LogP contribution in [0.4, 0.5) is 5.82 Å². The minimum absolute atomic E-state index is 0.00659. The Morgan fingerprint density at radius 2 is 1.79 bits per heavy atom. The first kappa shape index (κ1) is 26.1. The molecular formula is C25H36N4O4. The van der Waals surface area contributed by atoms with Gasteiger partial charge in [-0.25, -0.2) is 4.68 Å². The van der Waals surface area contributed by atoms with Crippen molar-refractivity contribution in [3.8, 4) is 5.69 Å². The van der Waals surface area contributed by atoms with E-state index in [9.17, 15) is 14.4 Å². The summed E-state index contributed by atoms with van der Waals surface area (Å²) in [6.07, 6.45) is 1.69. The summed E-state index contributed by atoms with van der Waals surface area (Å²) in [4.78, 5) is 38.8. The standard InChI is InChI=1S/C25H36N4O4/c1-6-8-16-28(23(31)14-15-24(32)33-7-2)18-22(30)26-21-17-20(25(3,4)5)27-29(21)19-12-10-9-11-13-19/h9-13,17H,6-8,14-16,18H2,1-5H3,(H,26,30). The zero-order valence-electron chi connectivity index (χ0n) is 20.4. The lowest BCUT2D eigenvalue weighted by Gasteiger charge is -2.22. The van der Waals surface area contributed by atoms with Gasteiger partial charge in [-0.15, -0.1) is 0 Å². The number of aromatic nitrogens is 2. The Morgan fingerprint density at radius 3 is 2.39 bits per heavy atom. The van der Waals surface area contributed by atoms with Gasteiger partial charge in [0.1, 0.15) is 5.82 Å². The summed E-state index contributed by atoms with van der Waals surface area (Å²) >= 11 is 0. The molecule has 1 N–H and O–H groups in total. The highest BCUT2D eigenvalue weighted by atomic mass is 16.5. The molecule has 0 atom stereocenters. The van der Waals surface area contributed by atoms with Gasteiger partial charge in [-0.1, -0.05) is 52.3 Å². The Kier molecular flexibility index (Phi) is 9.63. The van der Waals surface area contributed by atoms with Crippen LogP contribution in [0.3, 0.4) is 0 Å². The topological polar surface area (TPSA) is 93.5 Å². The van der Waals surface area contributed by atoms with E-state index < -0.39 is 5.97 Å². The number of carbonyl (C=O) groups excluding carboxylic acids is 3. The van der Waals surface area contributed by atoms with Crippen LogP contribution in [0.1, 0.15) is 66.0 Å². The van der Waals surface area contributed by atoms with Crippen molar-refractivity contribution in [2.45, 2.75) is 65.7 Å². The summed E-state index contributed by atoms with van der Waals surface area (Å²) in [7, 11) is 0. The molecule has 0 aliphatic rings. The minimum atomic E-state index is -0.410. The van der Waals surface area contributed by atoms with E-state index in [1.165, 1.54) is 4.90 Å². The molecule has 2 amide bonds. The Hall–Kier alpha value is -3.16. The van der Waals surface area contributed by atoms with Crippen LogP contribution in [-0.2, 0) is 24.5 Å². The van der Waals surface area contributed by atoms with Crippen molar-refractivity contribution in [1.82, 2.24) is 14.7 Å². The summed E-state index contributed by atoms with van der Waals surface area (Å²) in [5, 5.41) is 7.63. The zero-order valence-corrected chi connectivity index (χ0v) is 20.4. The highest BCUT2D eigenvalue weighted by molar-refractivity contribution is 5.94. The second-order valence-corrected chi connectivity index (χ2v) is 8.93. The third-order valence-electron chi connectivity index (χ3n) is 5.06. The van der Waals surface area contributed by atoms with Gasteiger partial charge >= 0.3 is 5.97 Å². The van der Waals surface area contributed by atoms with E-state index in [4.69, 9.17) is 9.84 Å². The van der Waals surface area contributed by atoms with E-state index in [0.29, 0.717) is 12.4 Å². The van der Waals surface area contributed by atoms with Crippen LogP contribution in [0.15, 0.2) is 36.4 Å². The number of amides is 2. The third kappa shape index (κ3) is 8.04. The zero-order chi connectivity index (χ0) is 24.4. The SMILES string of the molecule is CCCCN(CC(=O)Nc1cc(C(C)(C)C)nn1-c1ccccc1)C(=O)CCC(=O)OCC. The second-order valence-electron chi connectivity index (χ2n) is 8.93. The number of rotatable bonds is 11. The van der Waals surface area contributed by atoms with Gasteiger partial charge in [0.15, 0.2) is 0 Å². The molecule has 1 aromatic carbocycles. The first-order chi connectivity index (χ1) is 15.7. The first-order valence-corrected chi connectivity index (χ1v) is 11.5. The Morgan fingerprint density at radius 1 is 1.09 bits per heavy atom. The van der Waals surface area contributed by atoms with E-state index in [1.54, 1.807) is 11.6 Å². The number of hydrogen-bond acceptors (Lipinski definition) is 5. The van der Waals surface area contributed by atoms with Crippen LogP contribution in [-0.4, -0.2) is 52.2 Å². The fourth-order valence-corrected chi connectivity index (χ4v) is 3.20. The van der Waals surface area contributed by atoms with E-state index in [2.05, 4.69) is 26.1 Å². The average molecular weight is 457 g/mol. The number of para-hydroxylation sites is 1. The van der Waals surface area contributed by atoms with Crippen LogP contribution >= 0.6 is 0 Å². The van der Waals surface area contributed by atoms with Crippen LogP contribution in [0.2, 0.25) is 0 Å². The van der Waals surface area contributed by atoms with Crippen LogP contribution in [0.25, 0.3) is 5.69 Å². The Bertz CT molecular complexity index is 932. The van der Waals surface area contributed by atoms with Crippen molar-refractivity contribution in [2.24, 2.45) is 0 Å². The average Bonchev–Trinajstić information content (AvgIpc) is 3.20. The van der Waals surface area contributed by atoms with Gasteiger partial charge in [-0.3, -0.25) is 14.4 Å². The molecule has 1 aromatic heterocycles. The van der Waals surface area contributed by atoms with Gasteiger partial charge in [0.05, 0.1) is 31.0 Å². The fourth-order valence-electron chi connectivity index (χ4n) is 3.20. The maximum absolute atomic E-state index is 12.9. The molecule has 0 saturated carbocycles. The first-order valence-electron chi connectivity index (χ1n) is 11.5. The number of ether oxygens (including phenoxy) is 1. The number of esters is 1. The van der Waals surface area contributed by atoms with Gasteiger partial charge in [0, 0.05) is 24.4 Å². The lowest BCUT2D eigenvalue weighted by Crippen LogP contribution is -2.39. The number of benzene rings is 1. The quantitative estimate of drug-likeness (QED) is 0.514. The summed E-state index contributed by atoms with van der Waals surface area (Å²) in [6.45, 7) is 10.6. The molecule has 0 unspecified atom stereocenters. The van der Waals surface area contributed by atoms with Gasteiger partial charge in [0.25, 0.3) is 0 Å². The molecule has 8 heteroatoms. The van der Waals surface area contributed by atoms with E-state index in [0.717, 1.165) is 24.2 Å². The van der Waals surface area contributed by atoms with Gasteiger partial charge in [0.2, 0.25) is 11.8 Å². The van der Waals surface area contributed by atoms with Crippen molar-refractivity contribution in [3.05, 3.63) is 42.1 Å². The van der Waals surface area contributed by atoms with Crippen LogP contribution in [0.5, 0.6) is 0 Å². The highest BCUT2D eigenvalue weighted by Crippen LogP contribution is 2.26. The Balaban J connectivity index is 2.16. The van der Waals surface area contributed by atoms with E-state index >= 15 is 0 Å². The van der Waals surface area contributed by atoms with E-state index in [-0.39, 0.29) is 43.2 Å². The van der Waals surface area contributed by atoms with Crippen LogP contribution < -0.4 is 5.32 Å². The maximum Gasteiger partial charge on any atom is 0.306 e. The molecule has 8 nitrogen and oxygen atoms in total. The molecule has 0 bridgehead atoms. The molecule has 0 fully saturated rings. The summed E-state index contributed by atoms with van der Waals surface area (Å²) < 4.78 is 6.61. The molecule has 0 spiro atoms. The largest absolute Gasteiger partial charge is 0.466 e. The van der Waals surface area contributed by atoms with Crippen molar-refractivity contribution < 1.29 is 19.1 Å². The van der Waals surface area contributed by atoms with Crippen molar-refractivity contribution in [2.75, 3.05) is 25.0 Å². The summed E-state index contributed by atoms with van der Waals surface area (Å²) in [6, 6.07) is 11.4. The number of anilines is 1. The van der Waals surface area contributed by atoms with Crippen molar-refractivity contribution >= 4 is 23.6 Å². The molecule has 0 saturated heterocycles.